The number of amides is 2. The quantitative estimate of drug-likeness (QED) is 0.434. The zero-order chi connectivity index (χ0) is 23.3. The highest BCUT2D eigenvalue weighted by molar-refractivity contribution is 6.48. The van der Waals surface area contributed by atoms with Crippen molar-refractivity contribution in [3.63, 3.8) is 0 Å². The molecular formula is C23H31NO6Si. The Morgan fingerprint density at radius 3 is 2.29 bits per heavy atom. The van der Waals surface area contributed by atoms with E-state index in [0.717, 1.165) is 10.5 Å². The molecule has 168 valence electrons. The number of hydrogen-bond donors (Lipinski definition) is 1. The van der Waals surface area contributed by atoms with E-state index in [1.165, 1.54) is 0 Å². The second-order valence-corrected chi connectivity index (χ2v) is 12.3. The van der Waals surface area contributed by atoms with Gasteiger partial charge in [0.15, 0.2) is 14.8 Å². The molecule has 1 aliphatic heterocycles. The molecule has 1 N–H and O–H groups in total. The van der Waals surface area contributed by atoms with Gasteiger partial charge in [-0.1, -0.05) is 45.0 Å². The third-order valence-corrected chi connectivity index (χ3v) is 7.83. The van der Waals surface area contributed by atoms with Crippen molar-refractivity contribution in [2.45, 2.75) is 65.3 Å². The van der Waals surface area contributed by atoms with E-state index in [2.05, 4.69) is 0 Å². The molecule has 2 amide bonds. The molecule has 3 rings (SSSR count). The first-order valence-corrected chi connectivity index (χ1v) is 13.5. The van der Waals surface area contributed by atoms with Crippen LogP contribution in [-0.4, -0.2) is 54.3 Å². The van der Waals surface area contributed by atoms with Crippen molar-refractivity contribution < 1.29 is 28.7 Å². The number of ketones is 1. The molecule has 0 bridgehead atoms. The monoisotopic (exact) mass is 445 g/mol. The highest BCUT2D eigenvalue weighted by Crippen LogP contribution is 2.51. The second kappa shape index (κ2) is 7.98. The predicted octanol–water partition coefficient (Wildman–Crippen LogP) is 2.67. The van der Waals surface area contributed by atoms with Gasteiger partial charge in [-0.3, -0.25) is 19.3 Å². The van der Waals surface area contributed by atoms with Crippen LogP contribution in [-0.2, 0) is 25.2 Å². The summed E-state index contributed by atoms with van der Waals surface area (Å²) in [7, 11) is -1.62. The third kappa shape index (κ3) is 3.76. The van der Waals surface area contributed by atoms with E-state index in [-0.39, 0.29) is 5.78 Å². The summed E-state index contributed by atoms with van der Waals surface area (Å²) in [5, 5.41) is 9.32. The molecule has 1 aromatic rings. The van der Waals surface area contributed by atoms with Crippen molar-refractivity contribution in [1.29, 1.82) is 0 Å². The van der Waals surface area contributed by atoms with Crippen LogP contribution in [0.3, 0.4) is 0 Å². The lowest BCUT2D eigenvalue weighted by Crippen LogP contribution is -2.76. The molecule has 4 atom stereocenters. The first-order valence-electron chi connectivity index (χ1n) is 10.7. The van der Waals surface area contributed by atoms with Crippen LogP contribution in [0.25, 0.3) is 0 Å². The number of aryl methyl sites for hydroxylation is 1. The van der Waals surface area contributed by atoms with Crippen molar-refractivity contribution in [3.05, 3.63) is 35.4 Å². The summed E-state index contributed by atoms with van der Waals surface area (Å²) >= 11 is 0. The van der Waals surface area contributed by atoms with Gasteiger partial charge in [0.05, 0.1) is 17.6 Å². The molecule has 1 saturated heterocycles. The van der Waals surface area contributed by atoms with Crippen LogP contribution in [0.5, 0.6) is 0 Å². The number of Topliss-reactive ketones (excluding diaryl/α,β-unsaturated/α-hetero) is 1. The number of nitrogens with zero attached hydrogens (tertiary/aromatic N) is 1. The van der Waals surface area contributed by atoms with Crippen LogP contribution in [0.4, 0.5) is 0 Å². The molecule has 0 aromatic heterocycles. The molecule has 1 aromatic carbocycles. The van der Waals surface area contributed by atoms with Gasteiger partial charge in [-0.05, 0) is 43.8 Å². The highest BCUT2D eigenvalue weighted by atomic mass is 28.3. The molecule has 0 spiro atoms. The number of carbonyl (C=O) groups is 4. The molecule has 1 fully saturated rings. The molecule has 0 radical (unpaired) electrons. The van der Waals surface area contributed by atoms with Crippen LogP contribution in [0.2, 0.25) is 13.1 Å². The number of β-lactam (4-membered cyclic amide) rings is 1. The Bertz CT molecular complexity index is 936. The SMILES string of the molecule is C[SiH](C)O[C@](C)([C@H]1C(=O)N(C(=O)C(=O)O)[C@@H]1[C@@H]1CCc2ccccc2C1=O)C(C)(C)C. The minimum absolute atomic E-state index is 0.148. The zero-order valence-corrected chi connectivity index (χ0v) is 20.1. The van der Waals surface area contributed by atoms with Gasteiger partial charge >= 0.3 is 11.9 Å². The van der Waals surface area contributed by atoms with E-state index in [0.29, 0.717) is 18.4 Å². The molecule has 1 aliphatic carbocycles. The fourth-order valence-electron chi connectivity index (χ4n) is 4.97. The van der Waals surface area contributed by atoms with E-state index >= 15 is 0 Å². The lowest BCUT2D eigenvalue weighted by molar-refractivity contribution is -0.196. The fraction of sp³-hybridized carbons (Fsp3) is 0.565. The number of aliphatic carboxylic acids is 1. The van der Waals surface area contributed by atoms with E-state index in [1.807, 2.05) is 52.9 Å². The van der Waals surface area contributed by atoms with Crippen molar-refractivity contribution >= 4 is 32.6 Å². The molecular weight excluding hydrogens is 414 g/mol. The Kier molecular flexibility index (Phi) is 6.01. The summed E-state index contributed by atoms with van der Waals surface area (Å²) in [6.07, 6.45) is 1.08. The summed E-state index contributed by atoms with van der Waals surface area (Å²) in [5.74, 6) is -5.13. The molecule has 7 nitrogen and oxygen atoms in total. The topological polar surface area (TPSA) is 101 Å². The summed E-state index contributed by atoms with van der Waals surface area (Å²) in [5.41, 5.74) is 0.0982. The van der Waals surface area contributed by atoms with E-state index in [9.17, 15) is 24.3 Å². The summed E-state index contributed by atoms with van der Waals surface area (Å²) < 4.78 is 6.41. The maximum absolute atomic E-state index is 13.4. The minimum atomic E-state index is -1.70. The summed E-state index contributed by atoms with van der Waals surface area (Å²) in [6, 6.07) is 6.48. The van der Waals surface area contributed by atoms with Gasteiger partial charge in [0.1, 0.15) is 0 Å². The number of likely N-dealkylation sites (tertiary alicyclic amines) is 1. The van der Waals surface area contributed by atoms with Gasteiger partial charge in [0, 0.05) is 11.5 Å². The Morgan fingerprint density at radius 1 is 1.13 bits per heavy atom. The number of benzene rings is 1. The van der Waals surface area contributed by atoms with Crippen LogP contribution in [0.1, 0.15) is 50.0 Å². The zero-order valence-electron chi connectivity index (χ0n) is 19.0. The normalized spacial score (nSPS) is 25.6. The Labute approximate surface area is 184 Å². The Hall–Kier alpha value is -2.32. The lowest BCUT2D eigenvalue weighted by atomic mass is 9.59. The number of rotatable bonds is 4. The fourth-order valence-corrected chi connectivity index (χ4v) is 6.45. The van der Waals surface area contributed by atoms with Crippen LogP contribution in [0.15, 0.2) is 24.3 Å². The van der Waals surface area contributed by atoms with Gasteiger partial charge in [0.2, 0.25) is 5.91 Å². The molecule has 0 saturated carbocycles. The predicted molar refractivity (Wildman–Crippen MR) is 117 cm³/mol. The van der Waals surface area contributed by atoms with Crippen molar-refractivity contribution in [3.8, 4) is 0 Å². The summed E-state index contributed by atoms with van der Waals surface area (Å²) in [4.78, 5) is 51.4. The number of hydrogen-bond acceptors (Lipinski definition) is 5. The lowest BCUT2D eigenvalue weighted by Gasteiger charge is -2.59. The maximum Gasteiger partial charge on any atom is 0.395 e. The number of imide groups is 1. The van der Waals surface area contributed by atoms with Crippen molar-refractivity contribution in [1.82, 2.24) is 4.90 Å². The van der Waals surface area contributed by atoms with Gasteiger partial charge < -0.3 is 9.53 Å². The smallest absolute Gasteiger partial charge is 0.395 e. The average Bonchev–Trinajstić information content (AvgIpc) is 2.65. The first-order chi connectivity index (χ1) is 14.3. The second-order valence-electron chi connectivity index (χ2n) is 9.98. The minimum Gasteiger partial charge on any atom is -0.474 e. The van der Waals surface area contributed by atoms with E-state index in [1.54, 1.807) is 12.1 Å². The molecule has 0 unspecified atom stereocenters. The molecule has 8 heteroatoms. The van der Waals surface area contributed by atoms with Crippen LogP contribution < -0.4 is 0 Å². The Morgan fingerprint density at radius 2 is 1.74 bits per heavy atom. The number of fused-ring (bicyclic) bond motifs is 1. The van der Waals surface area contributed by atoms with Crippen LogP contribution >= 0.6 is 0 Å². The average molecular weight is 446 g/mol. The molecule has 31 heavy (non-hydrogen) atoms. The first kappa shape index (κ1) is 23.3. The Balaban J connectivity index is 2.09. The third-order valence-electron chi connectivity index (χ3n) is 6.86. The number of carbonyl (C=O) groups excluding carboxylic acids is 3. The maximum atomic E-state index is 13.4. The standard InChI is InChI=1S/C23H31NO6Si/c1-22(2,3)23(4,30-31(5)6)16-17(24(19(16)26)20(27)21(28)29)15-12-11-13-9-7-8-10-14(13)18(15)25/h7-10,15-17,31H,11-12H2,1-6H3,(H,28,29)/t15-,16+,17+,23+/m0/s1. The van der Waals surface area contributed by atoms with Crippen molar-refractivity contribution in [2.24, 2.45) is 17.3 Å². The van der Waals surface area contributed by atoms with Gasteiger partial charge in [-0.15, -0.1) is 0 Å². The number of carboxylic acids is 1. The highest BCUT2D eigenvalue weighted by Gasteiger charge is 2.66. The van der Waals surface area contributed by atoms with Gasteiger partial charge in [-0.2, -0.15) is 0 Å². The number of carboxylic acid groups (broad SMARTS) is 1. The summed E-state index contributed by atoms with van der Waals surface area (Å²) in [6.45, 7) is 11.8. The van der Waals surface area contributed by atoms with Crippen LogP contribution in [0, 0.1) is 17.3 Å². The van der Waals surface area contributed by atoms with Gasteiger partial charge in [0.25, 0.3) is 0 Å². The van der Waals surface area contributed by atoms with Crippen molar-refractivity contribution in [2.75, 3.05) is 0 Å². The van der Waals surface area contributed by atoms with E-state index < -0.39 is 55.7 Å². The van der Waals surface area contributed by atoms with Gasteiger partial charge in [-0.25, -0.2) is 4.79 Å². The molecule has 1 heterocycles. The van der Waals surface area contributed by atoms with E-state index in [4.69, 9.17) is 4.43 Å². The molecule has 2 aliphatic rings. The largest absolute Gasteiger partial charge is 0.474 e.